The molecule has 2 N–H and O–H groups in total. The monoisotopic (exact) mass is 287 g/mol. The number of aryl methyl sites for hydroxylation is 1. The van der Waals surface area contributed by atoms with Gasteiger partial charge in [-0.1, -0.05) is 12.1 Å². The molecule has 1 fully saturated rings. The van der Waals surface area contributed by atoms with Gasteiger partial charge in [-0.15, -0.1) is 0 Å². The van der Waals surface area contributed by atoms with Gasteiger partial charge in [0.25, 0.3) is 0 Å². The second-order valence-electron chi connectivity index (χ2n) is 6.96. The average Bonchev–Trinajstić information content (AvgIpc) is 2.48. The van der Waals surface area contributed by atoms with E-state index in [2.05, 4.69) is 42.0 Å². The van der Waals surface area contributed by atoms with Gasteiger partial charge in [-0.05, 0) is 68.8 Å². The maximum absolute atomic E-state index is 6.03. The number of piperidine rings is 1. The fourth-order valence-electron chi connectivity index (χ4n) is 3.83. The van der Waals surface area contributed by atoms with Crippen LogP contribution in [0.15, 0.2) is 18.2 Å². The SMILES string of the molecule is CC(N)C1CCN(Cc2ccc3c(c2)CCCN3C)CC1. The van der Waals surface area contributed by atoms with E-state index in [0.717, 1.165) is 12.5 Å². The van der Waals surface area contributed by atoms with Crippen LogP contribution in [0.25, 0.3) is 0 Å². The van der Waals surface area contributed by atoms with E-state index in [1.807, 2.05) is 0 Å². The first-order valence-electron chi connectivity index (χ1n) is 8.44. The molecular weight excluding hydrogens is 258 g/mol. The number of benzene rings is 1. The summed E-state index contributed by atoms with van der Waals surface area (Å²) in [5, 5.41) is 0. The Hall–Kier alpha value is -1.06. The average molecular weight is 287 g/mol. The normalized spacial score (nSPS) is 22.1. The molecule has 0 aliphatic carbocycles. The highest BCUT2D eigenvalue weighted by atomic mass is 15.1. The molecular formula is C18H29N3. The van der Waals surface area contributed by atoms with Crippen LogP contribution in [-0.2, 0) is 13.0 Å². The van der Waals surface area contributed by atoms with Crippen LogP contribution < -0.4 is 10.6 Å². The lowest BCUT2D eigenvalue weighted by Gasteiger charge is -2.34. The summed E-state index contributed by atoms with van der Waals surface area (Å²) in [5.74, 6) is 0.721. The topological polar surface area (TPSA) is 32.5 Å². The molecule has 1 saturated heterocycles. The highest BCUT2D eigenvalue weighted by Gasteiger charge is 2.22. The highest BCUT2D eigenvalue weighted by molar-refractivity contribution is 5.56. The van der Waals surface area contributed by atoms with Crippen molar-refractivity contribution in [3.63, 3.8) is 0 Å². The zero-order valence-corrected chi connectivity index (χ0v) is 13.5. The number of nitrogens with two attached hydrogens (primary N) is 1. The molecule has 0 aromatic heterocycles. The van der Waals surface area contributed by atoms with Crippen LogP contribution in [-0.4, -0.2) is 37.6 Å². The molecule has 0 saturated carbocycles. The first-order valence-corrected chi connectivity index (χ1v) is 8.44. The van der Waals surface area contributed by atoms with Crippen LogP contribution >= 0.6 is 0 Å². The zero-order chi connectivity index (χ0) is 14.8. The number of anilines is 1. The molecule has 3 rings (SSSR count). The molecule has 116 valence electrons. The lowest BCUT2D eigenvalue weighted by molar-refractivity contribution is 0.165. The molecule has 0 amide bonds. The predicted molar refractivity (Wildman–Crippen MR) is 89.7 cm³/mol. The van der Waals surface area contributed by atoms with Gasteiger partial charge in [-0.3, -0.25) is 4.90 Å². The number of likely N-dealkylation sites (tertiary alicyclic amines) is 1. The molecule has 0 spiro atoms. The molecule has 0 radical (unpaired) electrons. The summed E-state index contributed by atoms with van der Waals surface area (Å²) in [6.07, 6.45) is 5.03. The summed E-state index contributed by atoms with van der Waals surface area (Å²) >= 11 is 0. The van der Waals surface area contributed by atoms with Gasteiger partial charge >= 0.3 is 0 Å². The number of hydrogen-bond acceptors (Lipinski definition) is 3. The molecule has 1 aromatic rings. The Balaban J connectivity index is 1.61. The lowest BCUT2D eigenvalue weighted by atomic mass is 9.90. The Kier molecular flexibility index (Phi) is 4.51. The van der Waals surface area contributed by atoms with Gasteiger partial charge in [0, 0.05) is 31.9 Å². The van der Waals surface area contributed by atoms with E-state index in [1.54, 1.807) is 0 Å². The Morgan fingerprint density at radius 2 is 2.00 bits per heavy atom. The van der Waals surface area contributed by atoms with Crippen molar-refractivity contribution in [3.05, 3.63) is 29.3 Å². The van der Waals surface area contributed by atoms with Gasteiger partial charge in [-0.25, -0.2) is 0 Å². The van der Waals surface area contributed by atoms with Crippen LogP contribution in [0.4, 0.5) is 5.69 Å². The summed E-state index contributed by atoms with van der Waals surface area (Å²) < 4.78 is 0. The van der Waals surface area contributed by atoms with E-state index in [1.165, 1.54) is 62.1 Å². The number of fused-ring (bicyclic) bond motifs is 1. The molecule has 1 atom stereocenters. The smallest absolute Gasteiger partial charge is 0.0396 e. The third-order valence-electron chi connectivity index (χ3n) is 5.28. The predicted octanol–water partition coefficient (Wildman–Crippen LogP) is 2.63. The summed E-state index contributed by atoms with van der Waals surface area (Å²) in [4.78, 5) is 4.98. The Morgan fingerprint density at radius 1 is 1.24 bits per heavy atom. The second-order valence-corrected chi connectivity index (χ2v) is 6.96. The van der Waals surface area contributed by atoms with Crippen LogP contribution in [0, 0.1) is 5.92 Å². The number of hydrogen-bond donors (Lipinski definition) is 1. The minimum atomic E-state index is 0.353. The van der Waals surface area contributed by atoms with Crippen molar-refractivity contribution in [2.75, 3.05) is 31.6 Å². The molecule has 2 heterocycles. The Labute approximate surface area is 129 Å². The fourth-order valence-corrected chi connectivity index (χ4v) is 3.83. The lowest BCUT2D eigenvalue weighted by Crippen LogP contribution is -2.39. The molecule has 1 aromatic carbocycles. The molecule has 21 heavy (non-hydrogen) atoms. The second kappa shape index (κ2) is 6.37. The molecule has 2 aliphatic rings. The van der Waals surface area contributed by atoms with Gasteiger partial charge in [-0.2, -0.15) is 0 Å². The summed E-state index contributed by atoms with van der Waals surface area (Å²) in [6.45, 7) is 6.84. The first-order chi connectivity index (χ1) is 10.1. The third kappa shape index (κ3) is 3.41. The largest absolute Gasteiger partial charge is 0.374 e. The first kappa shape index (κ1) is 14.9. The van der Waals surface area contributed by atoms with Crippen LogP contribution in [0.3, 0.4) is 0 Å². The van der Waals surface area contributed by atoms with Crippen LogP contribution in [0.5, 0.6) is 0 Å². The molecule has 0 bridgehead atoms. The highest BCUT2D eigenvalue weighted by Crippen LogP contribution is 2.28. The van der Waals surface area contributed by atoms with Crippen molar-refractivity contribution in [2.24, 2.45) is 11.7 Å². The Morgan fingerprint density at radius 3 is 2.71 bits per heavy atom. The number of rotatable bonds is 3. The Bertz CT molecular complexity index is 475. The molecule has 2 aliphatic heterocycles. The molecule has 1 unspecified atom stereocenters. The van der Waals surface area contributed by atoms with Gasteiger partial charge < -0.3 is 10.6 Å². The number of nitrogens with zero attached hydrogens (tertiary/aromatic N) is 2. The van der Waals surface area contributed by atoms with E-state index < -0.39 is 0 Å². The van der Waals surface area contributed by atoms with Gasteiger partial charge in [0.15, 0.2) is 0 Å². The van der Waals surface area contributed by atoms with Crippen LogP contribution in [0.2, 0.25) is 0 Å². The quantitative estimate of drug-likeness (QED) is 0.927. The van der Waals surface area contributed by atoms with Crippen LogP contribution in [0.1, 0.15) is 37.3 Å². The van der Waals surface area contributed by atoms with E-state index in [0.29, 0.717) is 6.04 Å². The van der Waals surface area contributed by atoms with Gasteiger partial charge in [0.2, 0.25) is 0 Å². The molecule has 3 heteroatoms. The zero-order valence-electron chi connectivity index (χ0n) is 13.5. The van der Waals surface area contributed by atoms with Crippen molar-refractivity contribution in [1.29, 1.82) is 0 Å². The minimum Gasteiger partial charge on any atom is -0.374 e. The standard InChI is InChI=1S/C18H29N3/c1-14(19)16-7-10-21(11-8-16)13-15-5-6-18-17(12-15)4-3-9-20(18)2/h5-6,12,14,16H,3-4,7-11,13,19H2,1-2H3. The fraction of sp³-hybridized carbons (Fsp3) is 0.667. The van der Waals surface area contributed by atoms with Crippen molar-refractivity contribution in [2.45, 2.75) is 45.2 Å². The van der Waals surface area contributed by atoms with Crippen molar-refractivity contribution >= 4 is 5.69 Å². The van der Waals surface area contributed by atoms with E-state index in [4.69, 9.17) is 5.73 Å². The summed E-state index contributed by atoms with van der Waals surface area (Å²) in [5.41, 5.74) is 10.5. The van der Waals surface area contributed by atoms with E-state index in [9.17, 15) is 0 Å². The minimum absolute atomic E-state index is 0.353. The maximum atomic E-state index is 6.03. The summed E-state index contributed by atoms with van der Waals surface area (Å²) in [7, 11) is 2.20. The van der Waals surface area contributed by atoms with Crippen molar-refractivity contribution in [3.8, 4) is 0 Å². The van der Waals surface area contributed by atoms with Crippen molar-refractivity contribution < 1.29 is 0 Å². The third-order valence-corrected chi connectivity index (χ3v) is 5.28. The summed E-state index contributed by atoms with van der Waals surface area (Å²) in [6, 6.07) is 7.42. The van der Waals surface area contributed by atoms with E-state index >= 15 is 0 Å². The van der Waals surface area contributed by atoms with Gasteiger partial charge in [0.05, 0.1) is 0 Å². The maximum Gasteiger partial charge on any atom is 0.0396 e. The van der Waals surface area contributed by atoms with Gasteiger partial charge in [0.1, 0.15) is 0 Å². The molecule has 3 nitrogen and oxygen atoms in total. The van der Waals surface area contributed by atoms with E-state index in [-0.39, 0.29) is 0 Å². The van der Waals surface area contributed by atoms with Crippen molar-refractivity contribution in [1.82, 2.24) is 4.90 Å².